The highest BCUT2D eigenvalue weighted by Crippen LogP contribution is 2.33. The first-order valence-electron chi connectivity index (χ1n) is 11.1. The number of carbonyl (C=O) groups excluding carboxylic acids is 1. The Hall–Kier alpha value is -2.35. The van der Waals surface area contributed by atoms with Crippen LogP contribution >= 0.6 is 24.0 Å². The first-order valence-corrected chi connectivity index (χ1v) is 12.3. The molecule has 0 saturated carbocycles. The number of thioether (sulfide) groups is 1. The van der Waals surface area contributed by atoms with Crippen LogP contribution in [0.4, 0.5) is 5.69 Å². The average Bonchev–Trinajstić information content (AvgIpc) is 3.07. The number of benzene rings is 2. The molecule has 2 heterocycles. The molecule has 5 nitrogen and oxygen atoms in total. The van der Waals surface area contributed by atoms with Crippen LogP contribution in [0.1, 0.15) is 24.5 Å². The zero-order valence-corrected chi connectivity index (χ0v) is 20.3. The molecule has 0 radical (unpaired) electrons. The van der Waals surface area contributed by atoms with E-state index in [9.17, 15) is 4.79 Å². The van der Waals surface area contributed by atoms with E-state index >= 15 is 0 Å². The second kappa shape index (κ2) is 10.5. The number of ether oxygens (including phenoxy) is 1. The summed E-state index contributed by atoms with van der Waals surface area (Å²) in [6.45, 7) is 9.20. The molecule has 0 atom stereocenters. The fourth-order valence-corrected chi connectivity index (χ4v) is 5.14. The van der Waals surface area contributed by atoms with Crippen LogP contribution in [0.5, 0.6) is 5.75 Å². The lowest BCUT2D eigenvalue weighted by molar-refractivity contribution is -0.123. The van der Waals surface area contributed by atoms with E-state index in [-0.39, 0.29) is 5.91 Å². The standard InChI is InChI=1S/C25H29N3O2S2/c1-3-16-30-21-10-8-20(9-11-21)17-23-24(29)28(25(31)32-23)18-26-12-14-27(15-13-26)22-7-5-4-6-19(22)2/h4-11,17H,3,12-16,18H2,1-2H3. The van der Waals surface area contributed by atoms with Crippen LogP contribution in [0, 0.1) is 6.92 Å². The van der Waals surface area contributed by atoms with Crippen molar-refractivity contribution >= 4 is 46.0 Å². The molecule has 0 unspecified atom stereocenters. The summed E-state index contributed by atoms with van der Waals surface area (Å²) in [5.74, 6) is 0.842. The molecule has 168 valence electrons. The average molecular weight is 468 g/mol. The summed E-state index contributed by atoms with van der Waals surface area (Å²) in [6, 6.07) is 16.3. The van der Waals surface area contributed by atoms with Crippen LogP contribution in [0.3, 0.4) is 0 Å². The van der Waals surface area contributed by atoms with Crippen molar-refractivity contribution in [2.75, 3.05) is 44.4 Å². The van der Waals surface area contributed by atoms with Gasteiger partial charge in [0, 0.05) is 31.9 Å². The Morgan fingerprint density at radius 2 is 1.78 bits per heavy atom. The molecule has 2 aromatic carbocycles. The topological polar surface area (TPSA) is 36.0 Å². The molecule has 7 heteroatoms. The fourth-order valence-electron chi connectivity index (χ4n) is 3.90. The summed E-state index contributed by atoms with van der Waals surface area (Å²) >= 11 is 6.92. The highest BCUT2D eigenvalue weighted by molar-refractivity contribution is 8.26. The fraction of sp³-hybridized carbons (Fsp3) is 0.360. The third-order valence-electron chi connectivity index (χ3n) is 5.69. The van der Waals surface area contributed by atoms with Gasteiger partial charge in [0.2, 0.25) is 0 Å². The summed E-state index contributed by atoms with van der Waals surface area (Å²) in [4.78, 5) is 20.2. The van der Waals surface area contributed by atoms with Crippen molar-refractivity contribution in [1.29, 1.82) is 0 Å². The van der Waals surface area contributed by atoms with Crippen LogP contribution in [0.2, 0.25) is 0 Å². The third kappa shape index (κ3) is 5.34. The molecule has 4 rings (SSSR count). The number of para-hydroxylation sites is 1. The second-order valence-corrected chi connectivity index (χ2v) is 9.74. The lowest BCUT2D eigenvalue weighted by Crippen LogP contribution is -2.51. The molecule has 0 aromatic heterocycles. The number of thiocarbonyl (C=S) groups is 1. The van der Waals surface area contributed by atoms with E-state index in [0.29, 0.717) is 22.5 Å². The van der Waals surface area contributed by atoms with Gasteiger partial charge in [0.1, 0.15) is 10.1 Å². The van der Waals surface area contributed by atoms with Gasteiger partial charge in [0.25, 0.3) is 5.91 Å². The molecule has 2 aliphatic rings. The largest absolute Gasteiger partial charge is 0.494 e. The van der Waals surface area contributed by atoms with Gasteiger partial charge in [0.15, 0.2) is 0 Å². The quantitative estimate of drug-likeness (QED) is 0.431. The maximum Gasteiger partial charge on any atom is 0.267 e. The van der Waals surface area contributed by atoms with E-state index < -0.39 is 0 Å². The number of amides is 1. The highest BCUT2D eigenvalue weighted by Gasteiger charge is 2.33. The van der Waals surface area contributed by atoms with Gasteiger partial charge in [0.05, 0.1) is 18.2 Å². The van der Waals surface area contributed by atoms with Crippen molar-refractivity contribution in [3.8, 4) is 5.75 Å². The molecule has 2 aromatic rings. The van der Waals surface area contributed by atoms with E-state index in [1.807, 2.05) is 30.3 Å². The molecule has 2 fully saturated rings. The predicted molar refractivity (Wildman–Crippen MR) is 137 cm³/mol. The summed E-state index contributed by atoms with van der Waals surface area (Å²) in [5, 5.41) is 0. The Morgan fingerprint density at radius 1 is 1.06 bits per heavy atom. The summed E-state index contributed by atoms with van der Waals surface area (Å²) < 4.78 is 6.26. The molecule has 32 heavy (non-hydrogen) atoms. The van der Waals surface area contributed by atoms with Gasteiger partial charge in [-0.2, -0.15) is 0 Å². The molecule has 0 aliphatic carbocycles. The summed E-state index contributed by atoms with van der Waals surface area (Å²) in [7, 11) is 0. The summed E-state index contributed by atoms with van der Waals surface area (Å²) in [6.07, 6.45) is 2.89. The van der Waals surface area contributed by atoms with Gasteiger partial charge in [-0.1, -0.05) is 61.2 Å². The molecular weight excluding hydrogens is 438 g/mol. The van der Waals surface area contributed by atoms with Crippen LogP contribution in [0.25, 0.3) is 6.08 Å². The smallest absolute Gasteiger partial charge is 0.267 e. The van der Waals surface area contributed by atoms with Gasteiger partial charge >= 0.3 is 0 Å². The van der Waals surface area contributed by atoms with Crippen molar-refractivity contribution in [3.05, 3.63) is 64.6 Å². The number of aryl methyl sites for hydroxylation is 1. The van der Waals surface area contributed by atoms with Crippen molar-refractivity contribution in [2.45, 2.75) is 20.3 Å². The van der Waals surface area contributed by atoms with Crippen LogP contribution < -0.4 is 9.64 Å². The molecule has 0 bridgehead atoms. The maximum atomic E-state index is 13.0. The molecule has 0 spiro atoms. The number of anilines is 1. The Kier molecular flexibility index (Phi) is 7.50. The van der Waals surface area contributed by atoms with Gasteiger partial charge in [-0.05, 0) is 48.7 Å². The normalized spacial score (nSPS) is 18.6. The number of rotatable bonds is 7. The number of hydrogen-bond acceptors (Lipinski definition) is 6. The van der Waals surface area contributed by atoms with Gasteiger partial charge < -0.3 is 9.64 Å². The molecule has 1 amide bonds. The van der Waals surface area contributed by atoms with Crippen molar-refractivity contribution in [1.82, 2.24) is 9.80 Å². The number of hydrogen-bond donors (Lipinski definition) is 0. The Morgan fingerprint density at radius 3 is 2.47 bits per heavy atom. The van der Waals surface area contributed by atoms with Gasteiger partial charge in [-0.25, -0.2) is 0 Å². The zero-order chi connectivity index (χ0) is 22.5. The van der Waals surface area contributed by atoms with Crippen molar-refractivity contribution in [2.24, 2.45) is 0 Å². The minimum Gasteiger partial charge on any atom is -0.494 e. The van der Waals surface area contributed by atoms with Crippen LogP contribution in [-0.4, -0.2) is 59.5 Å². The SMILES string of the molecule is CCCOc1ccc(C=C2SC(=S)N(CN3CCN(c4ccccc4C)CC3)C2=O)cc1. The lowest BCUT2D eigenvalue weighted by atomic mass is 10.1. The van der Waals surface area contributed by atoms with E-state index in [4.69, 9.17) is 17.0 Å². The van der Waals surface area contributed by atoms with Crippen LogP contribution in [-0.2, 0) is 4.79 Å². The molecule has 0 N–H and O–H groups in total. The predicted octanol–water partition coefficient (Wildman–Crippen LogP) is 4.76. The minimum absolute atomic E-state index is 0.00681. The zero-order valence-electron chi connectivity index (χ0n) is 18.6. The third-order valence-corrected chi connectivity index (χ3v) is 7.07. The van der Waals surface area contributed by atoms with Crippen molar-refractivity contribution < 1.29 is 9.53 Å². The van der Waals surface area contributed by atoms with E-state index in [1.165, 1.54) is 23.0 Å². The van der Waals surface area contributed by atoms with Gasteiger partial charge in [-0.15, -0.1) is 0 Å². The first-order chi connectivity index (χ1) is 15.5. The van der Waals surface area contributed by atoms with E-state index in [2.05, 4.69) is 47.9 Å². The number of carbonyl (C=O) groups is 1. The molecular formula is C25H29N3O2S2. The number of nitrogens with zero attached hydrogens (tertiary/aromatic N) is 3. The van der Waals surface area contributed by atoms with Crippen molar-refractivity contribution in [3.63, 3.8) is 0 Å². The monoisotopic (exact) mass is 467 g/mol. The van der Waals surface area contributed by atoms with Gasteiger partial charge in [-0.3, -0.25) is 14.6 Å². The summed E-state index contributed by atoms with van der Waals surface area (Å²) in [5.41, 5.74) is 3.57. The minimum atomic E-state index is -0.00681. The Balaban J connectivity index is 1.34. The van der Waals surface area contributed by atoms with E-state index in [1.54, 1.807) is 4.90 Å². The first kappa shape index (κ1) is 22.8. The molecule has 2 aliphatic heterocycles. The second-order valence-electron chi connectivity index (χ2n) is 8.06. The molecule has 2 saturated heterocycles. The lowest BCUT2D eigenvalue weighted by Gasteiger charge is -2.38. The number of piperazine rings is 1. The van der Waals surface area contributed by atoms with Crippen LogP contribution in [0.15, 0.2) is 53.4 Å². The Labute approximate surface area is 200 Å². The highest BCUT2D eigenvalue weighted by atomic mass is 32.2. The Bertz CT molecular complexity index is 999. The maximum absolute atomic E-state index is 13.0. The van der Waals surface area contributed by atoms with E-state index in [0.717, 1.165) is 43.9 Å².